The smallest absolute Gasteiger partial charge is 0.224 e. The van der Waals surface area contributed by atoms with E-state index in [1.807, 2.05) is 30.3 Å². The molecule has 0 aliphatic heterocycles. The summed E-state index contributed by atoms with van der Waals surface area (Å²) in [5.74, 6) is 0.345. The molecule has 19 heavy (non-hydrogen) atoms. The van der Waals surface area contributed by atoms with Crippen molar-refractivity contribution in [3.63, 3.8) is 0 Å². The van der Waals surface area contributed by atoms with Crippen LogP contribution < -0.4 is 11.1 Å². The van der Waals surface area contributed by atoms with Gasteiger partial charge in [-0.25, -0.2) is 0 Å². The highest BCUT2D eigenvalue weighted by Crippen LogP contribution is 2.22. The molecular weight excluding hydrogens is 260 g/mol. The van der Waals surface area contributed by atoms with Gasteiger partial charge >= 0.3 is 0 Å². The number of carbonyl (C=O) groups excluding carboxylic acids is 1. The van der Waals surface area contributed by atoms with Crippen LogP contribution in [0.3, 0.4) is 0 Å². The predicted octanol–water partition coefficient (Wildman–Crippen LogP) is 2.13. The molecule has 0 aliphatic rings. The number of nitrogens with two attached hydrogens (primary N) is 1. The van der Waals surface area contributed by atoms with Gasteiger partial charge in [0.15, 0.2) is 5.82 Å². The number of aromatic nitrogens is 2. The van der Waals surface area contributed by atoms with Crippen molar-refractivity contribution >= 4 is 22.6 Å². The summed E-state index contributed by atoms with van der Waals surface area (Å²) in [7, 11) is 0. The monoisotopic (exact) mass is 276 g/mol. The minimum Gasteiger partial charge on any atom is -0.369 e. The van der Waals surface area contributed by atoms with E-state index in [1.54, 1.807) is 13.8 Å². The number of carbonyl (C=O) groups is 1. The second-order valence-corrected chi connectivity index (χ2v) is 5.64. The maximum absolute atomic E-state index is 11.2. The van der Waals surface area contributed by atoms with Crippen LogP contribution in [0.15, 0.2) is 30.3 Å². The third-order valence-corrected chi connectivity index (χ3v) is 3.48. The van der Waals surface area contributed by atoms with E-state index in [9.17, 15) is 4.79 Å². The Morgan fingerprint density at radius 1 is 1.37 bits per heavy atom. The Balaban J connectivity index is 2.05. The molecule has 1 heterocycles. The summed E-state index contributed by atoms with van der Waals surface area (Å²) in [6.45, 7) is 4.02. The number of hydrogen-bond donors (Lipinski definition) is 2. The molecule has 0 saturated carbocycles. The minimum atomic E-state index is -0.613. The zero-order valence-corrected chi connectivity index (χ0v) is 11.7. The lowest BCUT2D eigenvalue weighted by molar-refractivity contribution is -0.125. The van der Waals surface area contributed by atoms with Crippen molar-refractivity contribution in [1.82, 2.24) is 9.36 Å². The maximum Gasteiger partial charge on any atom is 0.224 e. The first-order valence-corrected chi connectivity index (χ1v) is 6.69. The topological polar surface area (TPSA) is 80.9 Å². The van der Waals surface area contributed by atoms with Gasteiger partial charge in [-0.3, -0.25) is 4.79 Å². The number of hydrogen-bond acceptors (Lipinski definition) is 5. The molecule has 2 aromatic rings. The summed E-state index contributed by atoms with van der Waals surface area (Å²) < 4.78 is 4.28. The molecule has 5 nitrogen and oxygen atoms in total. The van der Waals surface area contributed by atoms with E-state index in [2.05, 4.69) is 14.7 Å². The van der Waals surface area contributed by atoms with Crippen molar-refractivity contribution in [2.24, 2.45) is 11.1 Å². The zero-order chi connectivity index (χ0) is 13.9. The molecule has 0 atom stereocenters. The zero-order valence-electron chi connectivity index (χ0n) is 10.9. The SMILES string of the molecule is CC(C)(CNc1nc(-c2ccccc2)ns1)C(N)=O. The van der Waals surface area contributed by atoms with Gasteiger partial charge in [0.1, 0.15) is 0 Å². The number of amides is 1. The van der Waals surface area contributed by atoms with Gasteiger partial charge in [0.25, 0.3) is 0 Å². The fourth-order valence-corrected chi connectivity index (χ4v) is 1.97. The Morgan fingerprint density at radius 3 is 2.68 bits per heavy atom. The molecule has 100 valence electrons. The third-order valence-electron chi connectivity index (χ3n) is 2.81. The number of anilines is 1. The van der Waals surface area contributed by atoms with Crippen LogP contribution in [0.1, 0.15) is 13.8 Å². The van der Waals surface area contributed by atoms with Crippen LogP contribution >= 0.6 is 11.5 Å². The number of nitrogens with zero attached hydrogens (tertiary/aromatic N) is 2. The summed E-state index contributed by atoms with van der Waals surface area (Å²) in [5.41, 5.74) is 5.68. The van der Waals surface area contributed by atoms with Crippen LogP contribution in [0.4, 0.5) is 5.13 Å². The van der Waals surface area contributed by atoms with E-state index < -0.39 is 5.41 Å². The van der Waals surface area contributed by atoms with Crippen molar-refractivity contribution in [2.45, 2.75) is 13.8 Å². The lowest BCUT2D eigenvalue weighted by atomic mass is 9.93. The summed E-state index contributed by atoms with van der Waals surface area (Å²) in [6, 6.07) is 9.75. The summed E-state index contributed by atoms with van der Waals surface area (Å²) >= 11 is 1.27. The van der Waals surface area contributed by atoms with Gasteiger partial charge in [0.2, 0.25) is 11.0 Å². The first kappa shape index (κ1) is 13.5. The van der Waals surface area contributed by atoms with Crippen molar-refractivity contribution < 1.29 is 4.79 Å². The predicted molar refractivity (Wildman–Crippen MR) is 76.8 cm³/mol. The van der Waals surface area contributed by atoms with Crippen LogP contribution in [0.5, 0.6) is 0 Å². The average Bonchev–Trinajstić information content (AvgIpc) is 2.86. The third kappa shape index (κ3) is 3.29. The average molecular weight is 276 g/mol. The Labute approximate surface area is 116 Å². The highest BCUT2D eigenvalue weighted by Gasteiger charge is 2.25. The summed E-state index contributed by atoms with van der Waals surface area (Å²) in [5, 5.41) is 3.79. The van der Waals surface area contributed by atoms with E-state index in [-0.39, 0.29) is 5.91 Å². The van der Waals surface area contributed by atoms with Gasteiger partial charge in [0, 0.05) is 23.6 Å². The molecule has 1 amide bonds. The Hall–Kier alpha value is -1.95. The fraction of sp³-hybridized carbons (Fsp3) is 0.308. The minimum absolute atomic E-state index is 0.340. The van der Waals surface area contributed by atoms with E-state index in [4.69, 9.17) is 5.73 Å². The lowest BCUT2D eigenvalue weighted by Crippen LogP contribution is -2.37. The van der Waals surface area contributed by atoms with Gasteiger partial charge in [-0.2, -0.15) is 9.36 Å². The second kappa shape index (κ2) is 5.36. The van der Waals surface area contributed by atoms with Crippen molar-refractivity contribution in [1.29, 1.82) is 0 Å². The fourth-order valence-electron chi connectivity index (χ4n) is 1.38. The largest absolute Gasteiger partial charge is 0.369 e. The lowest BCUT2D eigenvalue weighted by Gasteiger charge is -2.19. The normalized spacial score (nSPS) is 11.3. The Morgan fingerprint density at radius 2 is 2.05 bits per heavy atom. The van der Waals surface area contributed by atoms with Gasteiger partial charge in [-0.1, -0.05) is 30.3 Å². The number of rotatable bonds is 5. The van der Waals surface area contributed by atoms with E-state index >= 15 is 0 Å². The van der Waals surface area contributed by atoms with Crippen LogP contribution in [-0.2, 0) is 4.79 Å². The molecule has 0 unspecified atom stereocenters. The van der Waals surface area contributed by atoms with Crippen molar-refractivity contribution in [3.8, 4) is 11.4 Å². The number of primary amides is 1. The standard InChI is InChI=1S/C13H16N4OS/c1-13(2,11(14)18)8-15-12-16-10(17-19-12)9-6-4-3-5-7-9/h3-7H,8H2,1-2H3,(H2,14,18)(H,15,16,17). The van der Waals surface area contributed by atoms with Gasteiger partial charge < -0.3 is 11.1 Å². The van der Waals surface area contributed by atoms with E-state index in [0.29, 0.717) is 17.5 Å². The first-order chi connectivity index (χ1) is 8.99. The number of benzene rings is 1. The molecule has 1 aromatic heterocycles. The molecule has 0 aliphatic carbocycles. The molecule has 0 spiro atoms. The molecule has 0 radical (unpaired) electrons. The molecule has 2 rings (SSSR count). The van der Waals surface area contributed by atoms with Crippen LogP contribution in [0.2, 0.25) is 0 Å². The van der Waals surface area contributed by atoms with Crippen molar-refractivity contribution in [2.75, 3.05) is 11.9 Å². The highest BCUT2D eigenvalue weighted by molar-refractivity contribution is 7.09. The quantitative estimate of drug-likeness (QED) is 0.876. The van der Waals surface area contributed by atoms with E-state index in [1.165, 1.54) is 11.5 Å². The molecule has 0 fully saturated rings. The second-order valence-electron chi connectivity index (χ2n) is 4.89. The number of nitrogens with one attached hydrogen (secondary N) is 1. The van der Waals surface area contributed by atoms with Gasteiger partial charge in [-0.05, 0) is 13.8 Å². The Bertz CT molecular complexity index is 565. The molecule has 6 heteroatoms. The summed E-state index contributed by atoms with van der Waals surface area (Å²) in [4.78, 5) is 15.6. The van der Waals surface area contributed by atoms with Crippen molar-refractivity contribution in [3.05, 3.63) is 30.3 Å². The molecular formula is C13H16N4OS. The summed E-state index contributed by atoms with van der Waals surface area (Å²) in [6.07, 6.45) is 0. The molecule has 0 saturated heterocycles. The van der Waals surface area contributed by atoms with E-state index in [0.717, 1.165) is 5.56 Å². The van der Waals surface area contributed by atoms with Crippen LogP contribution in [0, 0.1) is 5.41 Å². The van der Waals surface area contributed by atoms with Crippen LogP contribution in [-0.4, -0.2) is 21.8 Å². The van der Waals surface area contributed by atoms with Gasteiger partial charge in [-0.15, -0.1) is 0 Å². The molecule has 3 N–H and O–H groups in total. The molecule has 1 aromatic carbocycles. The Kier molecular flexibility index (Phi) is 3.80. The van der Waals surface area contributed by atoms with Gasteiger partial charge in [0.05, 0.1) is 5.41 Å². The first-order valence-electron chi connectivity index (χ1n) is 5.92. The maximum atomic E-state index is 11.2. The molecule has 0 bridgehead atoms. The highest BCUT2D eigenvalue weighted by atomic mass is 32.1. The van der Waals surface area contributed by atoms with Crippen LogP contribution in [0.25, 0.3) is 11.4 Å².